The van der Waals surface area contributed by atoms with Gasteiger partial charge in [-0.25, -0.2) is 9.97 Å². The van der Waals surface area contributed by atoms with Gasteiger partial charge < -0.3 is 4.57 Å². The minimum atomic E-state index is 0.991. The fraction of sp³-hybridized carbons (Fsp3) is 0.333. The second kappa shape index (κ2) is 4.77. The number of hydrogen-bond acceptors (Lipinski definition) is 2. The quantitative estimate of drug-likeness (QED) is 0.649. The summed E-state index contributed by atoms with van der Waals surface area (Å²) in [5.41, 5.74) is 3.22. The maximum Gasteiger partial charge on any atom is 0.159 e. The standard InChI is InChI=1S/C15H17N3/c1-2-3-6-11-18-14-8-5-4-7-12(14)17-13-9-10-16-15(13)18/h4-5,7-10H,2-3,6,11H2,1H3. The summed E-state index contributed by atoms with van der Waals surface area (Å²) in [6, 6.07) is 10.3. The first-order valence-corrected chi connectivity index (χ1v) is 6.60. The van der Waals surface area contributed by atoms with Crippen LogP contribution in [-0.2, 0) is 6.54 Å². The zero-order chi connectivity index (χ0) is 12.4. The zero-order valence-corrected chi connectivity index (χ0v) is 10.6. The molecule has 3 rings (SSSR count). The van der Waals surface area contributed by atoms with Crippen LogP contribution < -0.4 is 0 Å². The average molecular weight is 239 g/mol. The van der Waals surface area contributed by atoms with Crippen LogP contribution in [0.4, 0.5) is 0 Å². The number of nitrogens with zero attached hydrogens (tertiary/aromatic N) is 3. The van der Waals surface area contributed by atoms with E-state index >= 15 is 0 Å². The summed E-state index contributed by atoms with van der Waals surface area (Å²) in [6.07, 6.45) is 5.52. The Morgan fingerprint density at radius 1 is 1.11 bits per heavy atom. The van der Waals surface area contributed by atoms with Crippen molar-refractivity contribution in [3.63, 3.8) is 0 Å². The molecule has 0 spiro atoms. The molecule has 1 aromatic rings. The molecule has 0 aliphatic carbocycles. The van der Waals surface area contributed by atoms with Crippen molar-refractivity contribution < 1.29 is 0 Å². The molecule has 92 valence electrons. The van der Waals surface area contributed by atoms with Gasteiger partial charge in [-0.05, 0) is 24.6 Å². The van der Waals surface area contributed by atoms with E-state index in [2.05, 4.69) is 39.7 Å². The number of unbranched alkanes of at least 4 members (excludes halogenated alkanes) is 2. The van der Waals surface area contributed by atoms with Crippen molar-refractivity contribution in [1.29, 1.82) is 0 Å². The van der Waals surface area contributed by atoms with Crippen molar-refractivity contribution in [3.8, 4) is 11.5 Å². The molecule has 2 aliphatic rings. The third-order valence-corrected chi connectivity index (χ3v) is 3.31. The Hall–Kier alpha value is -1.90. The van der Waals surface area contributed by atoms with E-state index in [9.17, 15) is 0 Å². The molecule has 3 nitrogen and oxygen atoms in total. The van der Waals surface area contributed by atoms with Gasteiger partial charge in [0.15, 0.2) is 5.82 Å². The van der Waals surface area contributed by atoms with Crippen LogP contribution in [0.3, 0.4) is 0 Å². The molecular formula is C15H17N3. The van der Waals surface area contributed by atoms with E-state index in [1.54, 1.807) is 0 Å². The second-order valence-electron chi connectivity index (χ2n) is 4.61. The number of fused-ring (bicyclic) bond motifs is 2. The van der Waals surface area contributed by atoms with E-state index in [0.29, 0.717) is 0 Å². The van der Waals surface area contributed by atoms with Crippen LogP contribution in [0.25, 0.3) is 22.6 Å². The zero-order valence-electron chi connectivity index (χ0n) is 10.6. The summed E-state index contributed by atoms with van der Waals surface area (Å²) < 4.78 is 2.30. The Morgan fingerprint density at radius 3 is 2.89 bits per heavy atom. The fourth-order valence-corrected chi connectivity index (χ4v) is 2.39. The van der Waals surface area contributed by atoms with Gasteiger partial charge in [0.1, 0.15) is 5.69 Å². The molecular weight excluding hydrogens is 222 g/mol. The molecule has 0 fully saturated rings. The van der Waals surface area contributed by atoms with Gasteiger partial charge in [0.25, 0.3) is 0 Å². The van der Waals surface area contributed by atoms with Gasteiger partial charge in [0.2, 0.25) is 0 Å². The van der Waals surface area contributed by atoms with Crippen molar-refractivity contribution in [2.45, 2.75) is 32.7 Å². The molecule has 0 atom stereocenters. The highest BCUT2D eigenvalue weighted by Crippen LogP contribution is 2.24. The van der Waals surface area contributed by atoms with E-state index in [1.165, 1.54) is 24.8 Å². The molecule has 0 N–H and O–H groups in total. The van der Waals surface area contributed by atoms with Gasteiger partial charge >= 0.3 is 0 Å². The van der Waals surface area contributed by atoms with Gasteiger partial charge in [-0.3, -0.25) is 0 Å². The molecule has 1 aromatic carbocycles. The molecule has 18 heavy (non-hydrogen) atoms. The van der Waals surface area contributed by atoms with Crippen molar-refractivity contribution in [3.05, 3.63) is 36.5 Å². The van der Waals surface area contributed by atoms with Gasteiger partial charge in [0, 0.05) is 12.7 Å². The molecule has 0 saturated heterocycles. The fourth-order valence-electron chi connectivity index (χ4n) is 2.39. The molecule has 2 heterocycles. The molecule has 3 heteroatoms. The molecule has 0 saturated carbocycles. The van der Waals surface area contributed by atoms with E-state index in [0.717, 1.165) is 23.6 Å². The maximum absolute atomic E-state index is 4.64. The van der Waals surface area contributed by atoms with Crippen molar-refractivity contribution >= 4 is 11.0 Å². The Kier molecular flexibility index (Phi) is 2.97. The maximum atomic E-state index is 4.64. The first-order valence-electron chi connectivity index (χ1n) is 6.60. The number of benzene rings is 1. The third kappa shape index (κ3) is 1.86. The third-order valence-electron chi connectivity index (χ3n) is 3.31. The molecule has 0 aromatic heterocycles. The second-order valence-corrected chi connectivity index (χ2v) is 4.61. The molecule has 0 unspecified atom stereocenters. The average Bonchev–Trinajstić information content (AvgIpc) is 2.86. The van der Waals surface area contributed by atoms with Gasteiger partial charge in [-0.15, -0.1) is 0 Å². The number of hydrogen-bond donors (Lipinski definition) is 0. The summed E-state index contributed by atoms with van der Waals surface area (Å²) in [7, 11) is 0. The lowest BCUT2D eigenvalue weighted by atomic mass is 10.2. The topological polar surface area (TPSA) is 30.7 Å². The predicted molar refractivity (Wildman–Crippen MR) is 73.7 cm³/mol. The molecule has 0 amide bonds. The van der Waals surface area contributed by atoms with Crippen LogP contribution >= 0.6 is 0 Å². The normalized spacial score (nSPS) is 11.4. The first-order chi connectivity index (χ1) is 8.90. The molecule has 0 radical (unpaired) electrons. The van der Waals surface area contributed by atoms with E-state index in [1.807, 2.05) is 18.3 Å². The van der Waals surface area contributed by atoms with Crippen molar-refractivity contribution in [1.82, 2.24) is 14.5 Å². The summed E-state index contributed by atoms with van der Waals surface area (Å²) in [6.45, 7) is 3.25. The van der Waals surface area contributed by atoms with Crippen LogP contribution in [-0.4, -0.2) is 14.5 Å². The number of aromatic nitrogens is 3. The minimum Gasteiger partial charge on any atom is -0.323 e. The Bertz CT molecular complexity index is 627. The number of para-hydroxylation sites is 2. The summed E-state index contributed by atoms with van der Waals surface area (Å²) in [5.74, 6) is 1.00. The number of rotatable bonds is 4. The highest BCUT2D eigenvalue weighted by molar-refractivity contribution is 5.79. The van der Waals surface area contributed by atoms with E-state index in [4.69, 9.17) is 0 Å². The molecule has 2 aliphatic heterocycles. The minimum absolute atomic E-state index is 0.991. The smallest absolute Gasteiger partial charge is 0.159 e. The summed E-state index contributed by atoms with van der Waals surface area (Å²) >= 11 is 0. The monoisotopic (exact) mass is 239 g/mol. The largest absolute Gasteiger partial charge is 0.323 e. The first kappa shape index (κ1) is 11.2. The van der Waals surface area contributed by atoms with Gasteiger partial charge in [-0.1, -0.05) is 31.9 Å². The van der Waals surface area contributed by atoms with Crippen LogP contribution in [0, 0.1) is 0 Å². The van der Waals surface area contributed by atoms with Crippen LogP contribution in [0.2, 0.25) is 0 Å². The Morgan fingerprint density at radius 2 is 2.00 bits per heavy atom. The Labute approximate surface area is 107 Å². The predicted octanol–water partition coefficient (Wildman–Crippen LogP) is 3.73. The summed E-state index contributed by atoms with van der Waals surface area (Å²) in [5, 5.41) is 0. The SMILES string of the molecule is CCCCCn1c2nccc-2nc2ccccc21. The molecule has 0 bridgehead atoms. The van der Waals surface area contributed by atoms with Crippen LogP contribution in [0.1, 0.15) is 26.2 Å². The van der Waals surface area contributed by atoms with Crippen LogP contribution in [0.15, 0.2) is 36.5 Å². The van der Waals surface area contributed by atoms with Gasteiger partial charge in [-0.2, -0.15) is 0 Å². The van der Waals surface area contributed by atoms with Gasteiger partial charge in [0.05, 0.1) is 11.0 Å². The highest BCUT2D eigenvalue weighted by atomic mass is 15.1. The van der Waals surface area contributed by atoms with E-state index in [-0.39, 0.29) is 0 Å². The van der Waals surface area contributed by atoms with E-state index < -0.39 is 0 Å². The van der Waals surface area contributed by atoms with Crippen molar-refractivity contribution in [2.24, 2.45) is 0 Å². The Balaban J connectivity index is 2.14. The van der Waals surface area contributed by atoms with Crippen molar-refractivity contribution in [2.75, 3.05) is 0 Å². The lowest BCUT2D eigenvalue weighted by molar-refractivity contribution is 0.612. The lowest BCUT2D eigenvalue weighted by Crippen LogP contribution is -2.07. The highest BCUT2D eigenvalue weighted by Gasteiger charge is 2.13. The van der Waals surface area contributed by atoms with Crippen LogP contribution in [0.5, 0.6) is 0 Å². The lowest BCUT2D eigenvalue weighted by Gasteiger charge is -2.14. The number of aryl methyl sites for hydroxylation is 1. The summed E-state index contributed by atoms with van der Waals surface area (Å²) in [4.78, 5) is 9.09.